The van der Waals surface area contributed by atoms with Crippen LogP contribution in [-0.2, 0) is 25.6 Å². The Hall–Kier alpha value is -3.05. The Morgan fingerprint density at radius 3 is 2.24 bits per heavy atom. The van der Waals surface area contributed by atoms with Crippen molar-refractivity contribution in [3.63, 3.8) is 0 Å². The molecule has 0 fully saturated rings. The topological polar surface area (TPSA) is 166 Å². The molecular weight excluding hydrogens is 506 g/mol. The minimum absolute atomic E-state index is 0.0598. The van der Waals surface area contributed by atoms with Crippen LogP contribution in [0.15, 0.2) is 30.5 Å². The first kappa shape index (κ1) is 31.2. The summed E-state index contributed by atoms with van der Waals surface area (Å²) in [5.41, 5.74) is 8.05. The maximum absolute atomic E-state index is 13.2. The van der Waals surface area contributed by atoms with E-state index in [2.05, 4.69) is 20.9 Å². The summed E-state index contributed by atoms with van der Waals surface area (Å²) in [5, 5.41) is 18.5. The Labute approximate surface area is 228 Å². The van der Waals surface area contributed by atoms with Gasteiger partial charge in [-0.15, -0.1) is 0 Å². The molecule has 11 heteroatoms. The van der Waals surface area contributed by atoms with Gasteiger partial charge in [0, 0.05) is 17.1 Å². The van der Waals surface area contributed by atoms with Gasteiger partial charge < -0.3 is 31.8 Å². The SMILES string of the molecule is CSCCC(NC(=O)C(NC(=O)C(N)Cc1c[nH]c2ccccc12)C(C)C)C(=O)NC(CC(C)C)C(=O)O. The van der Waals surface area contributed by atoms with Crippen LogP contribution < -0.4 is 21.7 Å². The molecule has 0 aliphatic carbocycles. The molecule has 210 valence electrons. The molecule has 7 N–H and O–H groups in total. The van der Waals surface area contributed by atoms with E-state index in [0.29, 0.717) is 12.2 Å². The third-order valence-corrected chi connectivity index (χ3v) is 6.91. The number of para-hydroxylation sites is 1. The molecule has 0 saturated heterocycles. The Balaban J connectivity index is 2.09. The van der Waals surface area contributed by atoms with E-state index in [9.17, 15) is 24.3 Å². The fourth-order valence-corrected chi connectivity index (χ4v) is 4.63. The molecule has 1 aromatic carbocycles. The summed E-state index contributed by atoms with van der Waals surface area (Å²) in [4.78, 5) is 54.0. The number of aliphatic carboxylic acids is 1. The lowest BCUT2D eigenvalue weighted by molar-refractivity contribution is -0.142. The van der Waals surface area contributed by atoms with Crippen molar-refractivity contribution in [1.82, 2.24) is 20.9 Å². The molecule has 0 aliphatic rings. The van der Waals surface area contributed by atoms with Gasteiger partial charge in [-0.3, -0.25) is 14.4 Å². The molecular formula is C27H41N5O5S. The number of nitrogens with one attached hydrogen (secondary N) is 4. The molecule has 3 amide bonds. The molecule has 1 aromatic heterocycles. The molecule has 0 radical (unpaired) electrons. The summed E-state index contributed by atoms with van der Waals surface area (Å²) in [6.07, 6.45) is 4.56. The number of nitrogens with two attached hydrogens (primary N) is 1. The molecule has 0 bridgehead atoms. The summed E-state index contributed by atoms with van der Waals surface area (Å²) >= 11 is 1.51. The zero-order chi connectivity index (χ0) is 28.4. The van der Waals surface area contributed by atoms with Crippen LogP contribution in [0.3, 0.4) is 0 Å². The molecule has 4 unspecified atom stereocenters. The standard InChI is InChI=1S/C27H41N5O5S/c1-15(2)12-22(27(36)37)31-25(34)21(10-11-38-5)30-26(35)23(16(3)4)32-24(33)19(28)13-17-14-29-20-9-7-6-8-18(17)20/h6-9,14-16,19,21-23,29H,10-13,28H2,1-5H3,(H,30,35)(H,31,34)(H,32,33)(H,36,37). The van der Waals surface area contributed by atoms with Crippen molar-refractivity contribution in [2.75, 3.05) is 12.0 Å². The lowest BCUT2D eigenvalue weighted by Gasteiger charge is -2.27. The van der Waals surface area contributed by atoms with Crippen LogP contribution in [0.1, 0.15) is 46.1 Å². The van der Waals surface area contributed by atoms with E-state index in [1.165, 1.54) is 11.8 Å². The summed E-state index contributed by atoms with van der Waals surface area (Å²) in [6.45, 7) is 7.31. The highest BCUT2D eigenvalue weighted by atomic mass is 32.2. The van der Waals surface area contributed by atoms with Gasteiger partial charge in [0.05, 0.1) is 6.04 Å². The van der Waals surface area contributed by atoms with E-state index in [0.717, 1.165) is 16.5 Å². The number of fused-ring (bicyclic) bond motifs is 1. The predicted octanol–water partition coefficient (Wildman–Crippen LogP) is 2.03. The van der Waals surface area contributed by atoms with Gasteiger partial charge in [-0.25, -0.2) is 4.79 Å². The largest absolute Gasteiger partial charge is 0.480 e. The number of carboxylic acids is 1. The van der Waals surface area contributed by atoms with Crippen molar-refractivity contribution in [3.8, 4) is 0 Å². The Bertz CT molecular complexity index is 1100. The lowest BCUT2D eigenvalue weighted by Crippen LogP contribution is -2.58. The van der Waals surface area contributed by atoms with Gasteiger partial charge in [0.2, 0.25) is 17.7 Å². The van der Waals surface area contributed by atoms with E-state index in [-0.39, 0.29) is 24.7 Å². The van der Waals surface area contributed by atoms with Gasteiger partial charge in [0.1, 0.15) is 18.1 Å². The number of aromatic nitrogens is 1. The number of hydrogen-bond donors (Lipinski definition) is 6. The fourth-order valence-electron chi connectivity index (χ4n) is 4.16. The minimum atomic E-state index is -1.13. The molecule has 38 heavy (non-hydrogen) atoms. The number of benzene rings is 1. The van der Waals surface area contributed by atoms with Crippen LogP contribution in [-0.4, -0.2) is 70.0 Å². The molecule has 10 nitrogen and oxygen atoms in total. The predicted molar refractivity (Wildman–Crippen MR) is 151 cm³/mol. The van der Waals surface area contributed by atoms with Crippen molar-refractivity contribution < 1.29 is 24.3 Å². The summed E-state index contributed by atoms with van der Waals surface area (Å²) in [7, 11) is 0. The summed E-state index contributed by atoms with van der Waals surface area (Å²) < 4.78 is 0. The summed E-state index contributed by atoms with van der Waals surface area (Å²) in [6, 6.07) is 3.91. The number of hydrogen-bond acceptors (Lipinski definition) is 6. The normalized spacial score (nSPS) is 14.6. The van der Waals surface area contributed by atoms with Gasteiger partial charge in [-0.1, -0.05) is 45.9 Å². The monoisotopic (exact) mass is 547 g/mol. The van der Waals surface area contributed by atoms with Crippen LogP contribution in [0, 0.1) is 11.8 Å². The van der Waals surface area contributed by atoms with Crippen molar-refractivity contribution in [2.24, 2.45) is 17.6 Å². The second kappa shape index (κ2) is 14.8. The number of carbonyl (C=O) groups is 4. The van der Waals surface area contributed by atoms with Crippen LogP contribution in [0.2, 0.25) is 0 Å². The third kappa shape index (κ3) is 9.05. The fraction of sp³-hybridized carbons (Fsp3) is 0.556. The highest BCUT2D eigenvalue weighted by Gasteiger charge is 2.32. The highest BCUT2D eigenvalue weighted by Crippen LogP contribution is 2.19. The Kier molecular flexibility index (Phi) is 12.1. The number of rotatable bonds is 15. The maximum atomic E-state index is 13.2. The Morgan fingerprint density at radius 1 is 0.974 bits per heavy atom. The molecule has 0 spiro atoms. The Morgan fingerprint density at radius 2 is 1.63 bits per heavy atom. The number of thioether (sulfide) groups is 1. The van der Waals surface area contributed by atoms with E-state index in [4.69, 9.17) is 5.73 Å². The molecule has 2 rings (SSSR count). The van der Waals surface area contributed by atoms with E-state index < -0.39 is 47.9 Å². The first-order chi connectivity index (χ1) is 17.9. The molecule has 0 saturated carbocycles. The van der Waals surface area contributed by atoms with E-state index in [1.807, 2.05) is 50.6 Å². The molecule has 4 atom stereocenters. The van der Waals surface area contributed by atoms with Crippen molar-refractivity contribution in [2.45, 2.75) is 71.1 Å². The van der Waals surface area contributed by atoms with Crippen LogP contribution in [0.25, 0.3) is 10.9 Å². The van der Waals surface area contributed by atoms with Crippen LogP contribution in [0.4, 0.5) is 0 Å². The van der Waals surface area contributed by atoms with Crippen molar-refractivity contribution >= 4 is 46.4 Å². The van der Waals surface area contributed by atoms with Gasteiger partial charge in [0.25, 0.3) is 0 Å². The first-order valence-corrected chi connectivity index (χ1v) is 14.3. The highest BCUT2D eigenvalue weighted by molar-refractivity contribution is 7.98. The molecule has 1 heterocycles. The van der Waals surface area contributed by atoms with Gasteiger partial charge in [-0.2, -0.15) is 11.8 Å². The van der Waals surface area contributed by atoms with E-state index >= 15 is 0 Å². The van der Waals surface area contributed by atoms with Gasteiger partial charge in [0.15, 0.2) is 0 Å². The van der Waals surface area contributed by atoms with Crippen molar-refractivity contribution in [1.29, 1.82) is 0 Å². The summed E-state index contributed by atoms with van der Waals surface area (Å²) in [5.74, 6) is -2.33. The number of aromatic amines is 1. The maximum Gasteiger partial charge on any atom is 0.326 e. The zero-order valence-corrected chi connectivity index (χ0v) is 23.6. The second-order valence-corrected chi connectivity index (χ2v) is 11.3. The van der Waals surface area contributed by atoms with Gasteiger partial charge in [-0.05, 0) is 54.7 Å². The first-order valence-electron chi connectivity index (χ1n) is 12.9. The average molecular weight is 548 g/mol. The second-order valence-electron chi connectivity index (χ2n) is 10.3. The van der Waals surface area contributed by atoms with Crippen molar-refractivity contribution in [3.05, 3.63) is 36.0 Å². The number of carbonyl (C=O) groups excluding carboxylic acids is 3. The number of amides is 3. The quantitative estimate of drug-likeness (QED) is 0.198. The smallest absolute Gasteiger partial charge is 0.326 e. The number of carboxylic acid groups (broad SMARTS) is 1. The zero-order valence-electron chi connectivity index (χ0n) is 22.7. The van der Waals surface area contributed by atoms with E-state index in [1.54, 1.807) is 13.8 Å². The molecule has 0 aliphatic heterocycles. The van der Waals surface area contributed by atoms with Crippen LogP contribution >= 0.6 is 11.8 Å². The third-order valence-electron chi connectivity index (χ3n) is 6.26. The van der Waals surface area contributed by atoms with Gasteiger partial charge >= 0.3 is 5.97 Å². The molecule has 2 aromatic rings. The lowest BCUT2D eigenvalue weighted by atomic mass is 10.00. The minimum Gasteiger partial charge on any atom is -0.480 e. The number of H-pyrrole nitrogens is 1. The average Bonchev–Trinajstić information content (AvgIpc) is 3.26. The van der Waals surface area contributed by atoms with Crippen LogP contribution in [0.5, 0.6) is 0 Å².